The molecule has 0 saturated heterocycles. The van der Waals surface area contributed by atoms with E-state index in [2.05, 4.69) is 4.98 Å². The predicted molar refractivity (Wildman–Crippen MR) is 95.6 cm³/mol. The zero-order chi connectivity index (χ0) is 18.2. The number of carbonyl (C=O) groups excluding carboxylic acids is 2. The van der Waals surface area contributed by atoms with Crippen LogP contribution in [-0.4, -0.2) is 35.4 Å². The molecule has 6 nitrogen and oxygen atoms in total. The lowest BCUT2D eigenvalue weighted by atomic mass is 10.1. The monoisotopic (exact) mass is 339 g/mol. The van der Waals surface area contributed by atoms with Gasteiger partial charge in [0.1, 0.15) is 5.75 Å². The Morgan fingerprint density at radius 2 is 2.00 bits per heavy atom. The molecule has 0 bridgehead atoms. The van der Waals surface area contributed by atoms with Crippen molar-refractivity contribution >= 4 is 17.9 Å². The zero-order valence-electron chi connectivity index (χ0n) is 14.3. The van der Waals surface area contributed by atoms with E-state index in [1.165, 1.54) is 6.08 Å². The molecule has 0 saturated carbocycles. The fourth-order valence-corrected chi connectivity index (χ4v) is 2.15. The van der Waals surface area contributed by atoms with Crippen molar-refractivity contribution in [2.24, 2.45) is 5.73 Å². The molecular formula is C19H21N3O3. The Hall–Kier alpha value is -3.15. The molecule has 1 aromatic carbocycles. The van der Waals surface area contributed by atoms with E-state index < -0.39 is 5.91 Å². The Morgan fingerprint density at radius 3 is 2.60 bits per heavy atom. The normalized spacial score (nSPS) is 11.9. The summed E-state index contributed by atoms with van der Waals surface area (Å²) < 4.78 is 5.19. The van der Waals surface area contributed by atoms with Gasteiger partial charge in [-0.3, -0.25) is 14.6 Å². The number of pyridine rings is 1. The molecule has 2 aromatic rings. The number of likely N-dealkylation sites (N-methyl/N-ethyl adjacent to an activating group) is 1. The van der Waals surface area contributed by atoms with Crippen molar-refractivity contribution in [3.63, 3.8) is 0 Å². The van der Waals surface area contributed by atoms with Crippen LogP contribution in [0.3, 0.4) is 0 Å². The van der Waals surface area contributed by atoms with Gasteiger partial charge in [0.2, 0.25) is 5.91 Å². The first kappa shape index (κ1) is 18.2. The maximum absolute atomic E-state index is 12.3. The van der Waals surface area contributed by atoms with Crippen molar-refractivity contribution in [1.29, 1.82) is 0 Å². The minimum absolute atomic E-state index is 0.0737. The molecule has 0 aliphatic rings. The van der Waals surface area contributed by atoms with Gasteiger partial charge in [-0.15, -0.1) is 0 Å². The summed E-state index contributed by atoms with van der Waals surface area (Å²) in [5, 5.41) is 0. The lowest BCUT2D eigenvalue weighted by molar-refractivity contribution is -0.126. The number of nitrogens with zero attached hydrogens (tertiary/aromatic N) is 2. The van der Waals surface area contributed by atoms with Crippen molar-refractivity contribution < 1.29 is 14.3 Å². The predicted octanol–water partition coefficient (Wildman–Crippen LogP) is 2.18. The highest BCUT2D eigenvalue weighted by Crippen LogP contribution is 2.18. The van der Waals surface area contributed by atoms with Crippen LogP contribution in [0, 0.1) is 0 Å². The molecule has 2 amide bonds. The van der Waals surface area contributed by atoms with Gasteiger partial charge in [-0.05, 0) is 42.3 Å². The van der Waals surface area contributed by atoms with E-state index in [-0.39, 0.29) is 18.6 Å². The summed E-state index contributed by atoms with van der Waals surface area (Å²) in [5.74, 6) is -0.0876. The largest absolute Gasteiger partial charge is 0.484 e. The van der Waals surface area contributed by atoms with Crippen LogP contribution in [0.2, 0.25) is 0 Å². The van der Waals surface area contributed by atoms with Crippen LogP contribution in [0.25, 0.3) is 6.08 Å². The smallest absolute Gasteiger partial charge is 0.255 e. The van der Waals surface area contributed by atoms with Gasteiger partial charge in [0.15, 0.2) is 6.61 Å². The van der Waals surface area contributed by atoms with E-state index in [9.17, 15) is 9.59 Å². The molecule has 130 valence electrons. The van der Waals surface area contributed by atoms with Gasteiger partial charge in [0, 0.05) is 25.5 Å². The van der Waals surface area contributed by atoms with Crippen molar-refractivity contribution in [3.8, 4) is 5.75 Å². The molecular weight excluding hydrogens is 318 g/mol. The average Bonchev–Trinajstić information content (AvgIpc) is 2.64. The van der Waals surface area contributed by atoms with Gasteiger partial charge in [0.25, 0.3) is 5.91 Å². The minimum Gasteiger partial charge on any atom is -0.484 e. The molecule has 1 heterocycles. The number of rotatable bonds is 7. The van der Waals surface area contributed by atoms with Gasteiger partial charge in [-0.25, -0.2) is 0 Å². The molecule has 2 rings (SSSR count). The Labute approximate surface area is 146 Å². The number of carbonyl (C=O) groups is 2. The van der Waals surface area contributed by atoms with E-state index in [1.807, 2.05) is 19.1 Å². The molecule has 0 fully saturated rings. The maximum Gasteiger partial charge on any atom is 0.255 e. The number of benzene rings is 1. The van der Waals surface area contributed by atoms with Crippen LogP contribution in [0.4, 0.5) is 0 Å². The van der Waals surface area contributed by atoms with Gasteiger partial charge < -0.3 is 15.4 Å². The zero-order valence-corrected chi connectivity index (χ0v) is 14.3. The standard InChI is InChI=1S/C19H21N3O3/c1-14(16-4-3-11-21-12-16)22(2)19(24)10-7-15-5-8-17(9-6-15)25-13-18(20)23/h3-12,14H,13H2,1-2H3,(H2,20,23)/b10-7-/t14-/m0/s1. The molecule has 25 heavy (non-hydrogen) atoms. The number of hydrogen-bond acceptors (Lipinski definition) is 4. The van der Waals surface area contributed by atoms with E-state index in [1.54, 1.807) is 54.7 Å². The minimum atomic E-state index is -0.527. The topological polar surface area (TPSA) is 85.5 Å². The first-order chi connectivity index (χ1) is 12.0. The molecule has 0 aliphatic carbocycles. The lowest BCUT2D eigenvalue weighted by Crippen LogP contribution is -2.28. The highest BCUT2D eigenvalue weighted by molar-refractivity contribution is 5.91. The van der Waals surface area contributed by atoms with Crippen LogP contribution in [0.1, 0.15) is 24.1 Å². The second-order valence-electron chi connectivity index (χ2n) is 5.57. The SMILES string of the molecule is C[C@@H](c1cccnc1)N(C)C(=O)/C=C\c1ccc(OCC(N)=O)cc1. The van der Waals surface area contributed by atoms with Gasteiger partial charge >= 0.3 is 0 Å². The van der Waals surface area contributed by atoms with Gasteiger partial charge in [-0.1, -0.05) is 18.2 Å². The quantitative estimate of drug-likeness (QED) is 0.784. The molecule has 0 aliphatic heterocycles. The van der Waals surface area contributed by atoms with Crippen LogP contribution in [0.15, 0.2) is 54.9 Å². The Morgan fingerprint density at radius 1 is 1.28 bits per heavy atom. The molecule has 0 spiro atoms. The number of aromatic nitrogens is 1. The summed E-state index contributed by atoms with van der Waals surface area (Å²) in [6.07, 6.45) is 6.70. The number of hydrogen-bond donors (Lipinski definition) is 1. The first-order valence-corrected chi connectivity index (χ1v) is 7.83. The third-order valence-electron chi connectivity index (χ3n) is 3.77. The second-order valence-corrected chi connectivity index (χ2v) is 5.57. The maximum atomic E-state index is 12.3. The fraction of sp³-hybridized carbons (Fsp3) is 0.211. The van der Waals surface area contributed by atoms with Crippen molar-refractivity contribution in [2.75, 3.05) is 13.7 Å². The van der Waals surface area contributed by atoms with Gasteiger partial charge in [-0.2, -0.15) is 0 Å². The summed E-state index contributed by atoms with van der Waals surface area (Å²) in [6, 6.07) is 10.7. The van der Waals surface area contributed by atoms with Crippen molar-refractivity contribution in [3.05, 3.63) is 66.0 Å². The first-order valence-electron chi connectivity index (χ1n) is 7.83. The van der Waals surface area contributed by atoms with Crippen molar-refractivity contribution in [1.82, 2.24) is 9.88 Å². The summed E-state index contributed by atoms with van der Waals surface area (Å²) in [6.45, 7) is 1.79. The summed E-state index contributed by atoms with van der Waals surface area (Å²) in [5.41, 5.74) is 6.85. The number of primary amides is 1. The van der Waals surface area contributed by atoms with E-state index in [4.69, 9.17) is 10.5 Å². The molecule has 0 unspecified atom stereocenters. The highest BCUT2D eigenvalue weighted by Gasteiger charge is 2.15. The van der Waals surface area contributed by atoms with Crippen molar-refractivity contribution in [2.45, 2.75) is 13.0 Å². The van der Waals surface area contributed by atoms with Gasteiger partial charge in [0.05, 0.1) is 6.04 Å². The van der Waals surface area contributed by atoms with E-state index >= 15 is 0 Å². The molecule has 0 radical (unpaired) electrons. The summed E-state index contributed by atoms with van der Waals surface area (Å²) in [7, 11) is 1.76. The number of nitrogens with two attached hydrogens (primary N) is 1. The Kier molecular flexibility index (Phi) is 6.28. The number of ether oxygens (including phenoxy) is 1. The molecule has 2 N–H and O–H groups in total. The Bertz CT molecular complexity index is 742. The summed E-state index contributed by atoms with van der Waals surface area (Å²) in [4.78, 5) is 28.7. The highest BCUT2D eigenvalue weighted by atomic mass is 16.5. The second kappa shape index (κ2) is 8.63. The Balaban J connectivity index is 1.96. The number of amides is 2. The summed E-state index contributed by atoms with van der Waals surface area (Å²) >= 11 is 0. The average molecular weight is 339 g/mol. The fourth-order valence-electron chi connectivity index (χ4n) is 2.15. The van der Waals surface area contributed by atoms with Crippen LogP contribution in [-0.2, 0) is 9.59 Å². The lowest BCUT2D eigenvalue weighted by Gasteiger charge is -2.23. The van der Waals surface area contributed by atoms with Crippen LogP contribution < -0.4 is 10.5 Å². The molecule has 6 heteroatoms. The van der Waals surface area contributed by atoms with E-state index in [0.717, 1.165) is 11.1 Å². The van der Waals surface area contributed by atoms with E-state index in [0.29, 0.717) is 5.75 Å². The third-order valence-corrected chi connectivity index (χ3v) is 3.77. The van der Waals surface area contributed by atoms with Crippen LogP contribution >= 0.6 is 0 Å². The molecule has 1 aromatic heterocycles. The van der Waals surface area contributed by atoms with Crippen LogP contribution in [0.5, 0.6) is 5.75 Å². The third kappa shape index (κ3) is 5.46. The molecule has 1 atom stereocenters.